The fraction of sp³-hybridized carbons (Fsp3) is 0.444. The van der Waals surface area contributed by atoms with Gasteiger partial charge in [-0.05, 0) is 26.8 Å². The molecule has 0 aliphatic carbocycles. The van der Waals surface area contributed by atoms with Crippen molar-refractivity contribution in [1.29, 1.82) is 0 Å². The predicted octanol–water partition coefficient (Wildman–Crippen LogP) is 1.55. The molecule has 0 saturated heterocycles. The van der Waals surface area contributed by atoms with Gasteiger partial charge in [0, 0.05) is 12.3 Å². The van der Waals surface area contributed by atoms with Gasteiger partial charge in [-0.2, -0.15) is 0 Å². The Morgan fingerprint density at radius 1 is 1.33 bits per heavy atom. The van der Waals surface area contributed by atoms with Crippen LogP contribution >= 0.6 is 0 Å². The predicted molar refractivity (Wildman–Crippen MR) is 47.4 cm³/mol. The molecule has 0 unspecified atom stereocenters. The smallest absolute Gasteiger partial charge is 0.248 e. The normalized spacial score (nSPS) is 11.2. The van der Waals surface area contributed by atoms with Gasteiger partial charge in [-0.25, -0.2) is 0 Å². The highest BCUT2D eigenvalue weighted by Crippen LogP contribution is 2.14. The molecule has 0 radical (unpaired) electrons. The fourth-order valence-electron chi connectivity index (χ4n) is 0.813. The summed E-state index contributed by atoms with van der Waals surface area (Å²) >= 11 is 0. The molecule has 66 valence electrons. The number of pyridine rings is 1. The molecule has 12 heavy (non-hydrogen) atoms. The Kier molecular flexibility index (Phi) is 2.22. The zero-order valence-electron chi connectivity index (χ0n) is 7.55. The van der Waals surface area contributed by atoms with Gasteiger partial charge in [-0.15, -0.1) is 0 Å². The lowest BCUT2D eigenvalue weighted by molar-refractivity contribution is 0.130. The van der Waals surface area contributed by atoms with Crippen molar-refractivity contribution >= 4 is 0 Å². The first kappa shape index (κ1) is 8.84. The molecule has 3 nitrogen and oxygen atoms in total. The zero-order valence-corrected chi connectivity index (χ0v) is 7.55. The van der Waals surface area contributed by atoms with Crippen LogP contribution in [0.1, 0.15) is 20.8 Å². The zero-order chi connectivity index (χ0) is 9.19. The Hall–Kier alpha value is -1.25. The van der Waals surface area contributed by atoms with Crippen LogP contribution in [-0.2, 0) is 0 Å². The molecule has 1 rings (SSSR count). The molecular formula is C9H13NO2. The molecule has 3 heteroatoms. The lowest BCUT2D eigenvalue weighted by Crippen LogP contribution is -2.23. The third-order valence-electron chi connectivity index (χ3n) is 1.18. The number of H-pyrrole nitrogens is 1. The van der Waals surface area contributed by atoms with Gasteiger partial charge >= 0.3 is 0 Å². The minimum absolute atomic E-state index is 0.115. The number of hydrogen-bond acceptors (Lipinski definition) is 2. The highest BCUT2D eigenvalue weighted by molar-refractivity contribution is 5.16. The topological polar surface area (TPSA) is 42.1 Å². The fourth-order valence-corrected chi connectivity index (χ4v) is 0.813. The summed E-state index contributed by atoms with van der Waals surface area (Å²) in [4.78, 5) is 13.2. The second kappa shape index (κ2) is 3.01. The van der Waals surface area contributed by atoms with Crippen molar-refractivity contribution in [3.05, 3.63) is 28.7 Å². The van der Waals surface area contributed by atoms with Gasteiger partial charge in [0.2, 0.25) is 5.56 Å². The van der Waals surface area contributed by atoms with Crippen molar-refractivity contribution in [2.75, 3.05) is 0 Å². The molecule has 0 spiro atoms. The van der Waals surface area contributed by atoms with Crippen LogP contribution in [0.25, 0.3) is 0 Å². The Labute approximate surface area is 71.4 Å². The van der Waals surface area contributed by atoms with E-state index in [1.807, 2.05) is 20.8 Å². The van der Waals surface area contributed by atoms with E-state index in [0.29, 0.717) is 5.75 Å². The summed E-state index contributed by atoms with van der Waals surface area (Å²) in [6.07, 6.45) is 1.56. The van der Waals surface area contributed by atoms with Crippen LogP contribution in [0.2, 0.25) is 0 Å². The number of rotatable bonds is 1. The summed E-state index contributed by atoms with van der Waals surface area (Å²) in [5.41, 5.74) is -0.339. The number of hydrogen-bond donors (Lipinski definition) is 1. The SMILES string of the molecule is CC(C)(C)Oc1ccc(=O)[nH]c1. The molecule has 0 atom stereocenters. The highest BCUT2D eigenvalue weighted by atomic mass is 16.5. The first-order valence-corrected chi connectivity index (χ1v) is 3.85. The lowest BCUT2D eigenvalue weighted by Gasteiger charge is -2.20. The first-order chi connectivity index (χ1) is 5.47. The van der Waals surface area contributed by atoms with Crippen LogP contribution in [0.5, 0.6) is 5.75 Å². The van der Waals surface area contributed by atoms with Crippen molar-refractivity contribution in [1.82, 2.24) is 4.98 Å². The second-order valence-corrected chi connectivity index (χ2v) is 3.60. The van der Waals surface area contributed by atoms with Crippen molar-refractivity contribution in [3.63, 3.8) is 0 Å². The highest BCUT2D eigenvalue weighted by Gasteiger charge is 2.10. The van der Waals surface area contributed by atoms with E-state index < -0.39 is 0 Å². The summed E-state index contributed by atoms with van der Waals surface area (Å²) in [5, 5.41) is 0. The Morgan fingerprint density at radius 2 is 2.00 bits per heavy atom. The van der Waals surface area contributed by atoms with E-state index >= 15 is 0 Å². The van der Waals surface area contributed by atoms with Crippen LogP contribution in [0.15, 0.2) is 23.1 Å². The molecule has 1 aromatic rings. The number of nitrogens with one attached hydrogen (secondary N) is 1. The quantitative estimate of drug-likeness (QED) is 0.689. The molecule has 0 amide bonds. The maximum atomic E-state index is 10.7. The van der Waals surface area contributed by atoms with Crippen LogP contribution in [-0.4, -0.2) is 10.6 Å². The van der Waals surface area contributed by atoms with Gasteiger partial charge in [-0.1, -0.05) is 0 Å². The van der Waals surface area contributed by atoms with E-state index in [1.54, 1.807) is 12.3 Å². The summed E-state index contributed by atoms with van der Waals surface area (Å²) in [6, 6.07) is 3.10. The molecule has 0 bridgehead atoms. The molecular weight excluding hydrogens is 154 g/mol. The molecule has 0 fully saturated rings. The van der Waals surface area contributed by atoms with Gasteiger partial charge in [0.1, 0.15) is 11.4 Å². The van der Waals surface area contributed by atoms with Crippen molar-refractivity contribution in [2.45, 2.75) is 26.4 Å². The van der Waals surface area contributed by atoms with Gasteiger partial charge in [0.05, 0.1) is 0 Å². The minimum atomic E-state index is -0.224. The monoisotopic (exact) mass is 167 g/mol. The van der Waals surface area contributed by atoms with Crippen LogP contribution < -0.4 is 10.3 Å². The average molecular weight is 167 g/mol. The van der Waals surface area contributed by atoms with Crippen LogP contribution in [0.3, 0.4) is 0 Å². The molecule has 1 N–H and O–H groups in total. The third kappa shape index (κ3) is 2.78. The van der Waals surface area contributed by atoms with E-state index in [2.05, 4.69) is 4.98 Å². The average Bonchev–Trinajstić information content (AvgIpc) is 1.91. The van der Waals surface area contributed by atoms with Gasteiger partial charge in [0.15, 0.2) is 0 Å². The molecule has 0 aliphatic rings. The number of ether oxygens (including phenoxy) is 1. The molecule has 0 aliphatic heterocycles. The van der Waals surface area contributed by atoms with Gasteiger partial charge in [-0.3, -0.25) is 4.79 Å². The molecule has 1 aromatic heterocycles. The maximum Gasteiger partial charge on any atom is 0.248 e. The van der Waals surface area contributed by atoms with E-state index in [-0.39, 0.29) is 11.2 Å². The summed E-state index contributed by atoms with van der Waals surface area (Å²) in [7, 11) is 0. The summed E-state index contributed by atoms with van der Waals surface area (Å²) in [6.45, 7) is 5.87. The summed E-state index contributed by atoms with van der Waals surface area (Å²) < 4.78 is 5.49. The third-order valence-corrected chi connectivity index (χ3v) is 1.18. The van der Waals surface area contributed by atoms with Gasteiger partial charge < -0.3 is 9.72 Å². The first-order valence-electron chi connectivity index (χ1n) is 3.85. The molecule has 0 saturated carbocycles. The summed E-state index contributed by atoms with van der Waals surface area (Å²) in [5.74, 6) is 0.683. The van der Waals surface area contributed by atoms with Crippen molar-refractivity contribution in [2.24, 2.45) is 0 Å². The standard InChI is InChI=1S/C9H13NO2/c1-9(2,3)12-7-4-5-8(11)10-6-7/h4-6H,1-3H3,(H,10,11). The van der Waals surface area contributed by atoms with Crippen molar-refractivity contribution in [3.8, 4) is 5.75 Å². The molecule has 1 heterocycles. The van der Waals surface area contributed by atoms with Gasteiger partial charge in [0.25, 0.3) is 0 Å². The Bertz CT molecular complexity index is 289. The number of aromatic nitrogens is 1. The Balaban J connectivity index is 2.78. The van der Waals surface area contributed by atoms with Crippen molar-refractivity contribution < 1.29 is 4.74 Å². The second-order valence-electron chi connectivity index (χ2n) is 3.60. The van der Waals surface area contributed by atoms with Crippen LogP contribution in [0.4, 0.5) is 0 Å². The number of aromatic amines is 1. The van der Waals surface area contributed by atoms with Crippen LogP contribution in [0, 0.1) is 0 Å². The molecule has 0 aromatic carbocycles. The minimum Gasteiger partial charge on any atom is -0.487 e. The largest absolute Gasteiger partial charge is 0.487 e. The van der Waals surface area contributed by atoms with E-state index in [0.717, 1.165) is 0 Å². The van der Waals surface area contributed by atoms with E-state index in [9.17, 15) is 4.79 Å². The lowest BCUT2D eigenvalue weighted by atomic mass is 10.2. The maximum absolute atomic E-state index is 10.7. The Morgan fingerprint density at radius 3 is 2.42 bits per heavy atom. The van der Waals surface area contributed by atoms with E-state index in [1.165, 1.54) is 6.07 Å². The van der Waals surface area contributed by atoms with E-state index in [4.69, 9.17) is 4.74 Å².